The first-order chi connectivity index (χ1) is 9.08. The van der Waals surface area contributed by atoms with E-state index in [1.165, 1.54) is 12.1 Å². The summed E-state index contributed by atoms with van der Waals surface area (Å²) in [4.78, 5) is -0.0518. The van der Waals surface area contributed by atoms with E-state index >= 15 is 0 Å². The number of phenolic OH excluding ortho intramolecular Hbond substituents is 1. The molecule has 0 saturated heterocycles. The molecule has 0 aromatic heterocycles. The Kier molecular flexibility index (Phi) is 3.97. The molecule has 0 spiro atoms. The largest absolute Gasteiger partial charge is 0.508 e. The lowest BCUT2D eigenvalue weighted by molar-refractivity contribution is 0.303. The molecule has 0 heterocycles. The van der Waals surface area contributed by atoms with Crippen molar-refractivity contribution in [2.45, 2.75) is 6.61 Å². The summed E-state index contributed by atoms with van der Waals surface area (Å²) in [7, 11) is 0. The van der Waals surface area contributed by atoms with E-state index in [9.17, 15) is 9.50 Å². The van der Waals surface area contributed by atoms with Crippen LogP contribution in [-0.2, 0) is 6.61 Å². The average Bonchev–Trinajstić information content (AvgIpc) is 2.36. The summed E-state index contributed by atoms with van der Waals surface area (Å²) < 4.78 is 19.1. The lowest BCUT2D eigenvalue weighted by Crippen LogP contribution is -2.14. The topological polar surface area (TPSA) is 55.5 Å². The minimum absolute atomic E-state index is 0.0518. The molecule has 2 rings (SSSR count). The third-order valence-electron chi connectivity index (χ3n) is 2.53. The lowest BCUT2D eigenvalue weighted by atomic mass is 10.2. The lowest BCUT2D eigenvalue weighted by Gasteiger charge is -2.11. The second kappa shape index (κ2) is 5.67. The molecule has 0 amide bonds. The summed E-state index contributed by atoms with van der Waals surface area (Å²) in [6.07, 6.45) is 0. The van der Waals surface area contributed by atoms with Gasteiger partial charge in [-0.25, -0.2) is 4.39 Å². The van der Waals surface area contributed by atoms with Gasteiger partial charge in [0.05, 0.1) is 5.56 Å². The van der Waals surface area contributed by atoms with Gasteiger partial charge in [-0.1, -0.05) is 30.4 Å². The molecule has 98 valence electrons. The number of ether oxygens (including phenoxy) is 1. The van der Waals surface area contributed by atoms with Gasteiger partial charge in [-0.05, 0) is 29.8 Å². The standard InChI is InChI=1S/C14H12FNO2S/c15-11-5-2-6-12(13(11)14(16)19)18-8-9-3-1-4-10(17)7-9/h1-7,17H,8H2,(H2,16,19). The van der Waals surface area contributed by atoms with Gasteiger partial charge >= 0.3 is 0 Å². The number of hydrogen-bond acceptors (Lipinski definition) is 3. The van der Waals surface area contributed by atoms with E-state index in [-0.39, 0.29) is 28.7 Å². The number of phenols is 1. The van der Waals surface area contributed by atoms with Crippen molar-refractivity contribution in [2.24, 2.45) is 5.73 Å². The van der Waals surface area contributed by atoms with Crippen molar-refractivity contribution in [3.05, 3.63) is 59.4 Å². The summed E-state index contributed by atoms with van der Waals surface area (Å²) in [5, 5.41) is 9.34. The Morgan fingerprint density at radius 1 is 1.26 bits per heavy atom. The summed E-state index contributed by atoms with van der Waals surface area (Å²) >= 11 is 4.81. The highest BCUT2D eigenvalue weighted by atomic mass is 32.1. The number of halogens is 1. The average molecular weight is 277 g/mol. The van der Waals surface area contributed by atoms with Crippen LogP contribution in [0.5, 0.6) is 11.5 Å². The number of thiocarbonyl (C=S) groups is 1. The molecule has 19 heavy (non-hydrogen) atoms. The highest BCUT2D eigenvalue weighted by Crippen LogP contribution is 2.23. The van der Waals surface area contributed by atoms with Crippen LogP contribution in [0.4, 0.5) is 4.39 Å². The maximum Gasteiger partial charge on any atom is 0.137 e. The second-order valence-electron chi connectivity index (χ2n) is 3.94. The third-order valence-corrected chi connectivity index (χ3v) is 2.73. The molecule has 2 aromatic rings. The van der Waals surface area contributed by atoms with E-state index in [1.807, 2.05) is 0 Å². The fraction of sp³-hybridized carbons (Fsp3) is 0.0714. The van der Waals surface area contributed by atoms with Gasteiger partial charge in [-0.3, -0.25) is 0 Å². The molecule has 0 atom stereocenters. The van der Waals surface area contributed by atoms with Crippen molar-refractivity contribution in [3.63, 3.8) is 0 Å². The quantitative estimate of drug-likeness (QED) is 0.844. The maximum atomic E-state index is 13.6. The number of aromatic hydroxyl groups is 1. The van der Waals surface area contributed by atoms with E-state index in [1.54, 1.807) is 30.3 Å². The van der Waals surface area contributed by atoms with Gasteiger partial charge in [0.2, 0.25) is 0 Å². The van der Waals surface area contributed by atoms with Crippen LogP contribution in [0.25, 0.3) is 0 Å². The van der Waals surface area contributed by atoms with Crippen molar-refractivity contribution < 1.29 is 14.2 Å². The van der Waals surface area contributed by atoms with E-state index in [0.717, 1.165) is 5.56 Å². The first-order valence-corrected chi connectivity index (χ1v) is 5.98. The molecule has 0 bridgehead atoms. The van der Waals surface area contributed by atoms with Gasteiger partial charge in [0.1, 0.15) is 28.9 Å². The molecule has 0 unspecified atom stereocenters. The number of hydrogen-bond donors (Lipinski definition) is 2. The molecule has 0 aliphatic rings. The van der Waals surface area contributed by atoms with Crippen LogP contribution in [0.15, 0.2) is 42.5 Å². The van der Waals surface area contributed by atoms with Crippen LogP contribution in [0.3, 0.4) is 0 Å². The molecule has 0 saturated carbocycles. The van der Waals surface area contributed by atoms with Crippen molar-refractivity contribution >= 4 is 17.2 Å². The third kappa shape index (κ3) is 3.20. The summed E-state index contributed by atoms with van der Waals surface area (Å²) in [5.74, 6) is -0.0772. The molecule has 0 radical (unpaired) electrons. The molecule has 3 nitrogen and oxygen atoms in total. The monoisotopic (exact) mass is 277 g/mol. The predicted molar refractivity (Wildman–Crippen MR) is 74.7 cm³/mol. The smallest absolute Gasteiger partial charge is 0.137 e. The molecule has 0 fully saturated rings. The highest BCUT2D eigenvalue weighted by molar-refractivity contribution is 7.80. The van der Waals surface area contributed by atoms with Crippen molar-refractivity contribution in [1.82, 2.24) is 0 Å². The minimum Gasteiger partial charge on any atom is -0.508 e. The van der Waals surface area contributed by atoms with Gasteiger partial charge in [0.15, 0.2) is 0 Å². The van der Waals surface area contributed by atoms with Gasteiger partial charge < -0.3 is 15.6 Å². The Hall–Kier alpha value is -2.14. The number of benzene rings is 2. The van der Waals surface area contributed by atoms with Gasteiger partial charge in [-0.2, -0.15) is 0 Å². The van der Waals surface area contributed by atoms with Gasteiger partial charge in [-0.15, -0.1) is 0 Å². The SMILES string of the molecule is NC(=S)c1c(F)cccc1OCc1cccc(O)c1. The molecule has 2 aromatic carbocycles. The first kappa shape index (κ1) is 13.3. The first-order valence-electron chi connectivity index (χ1n) is 5.57. The van der Waals surface area contributed by atoms with E-state index in [4.69, 9.17) is 22.7 Å². The van der Waals surface area contributed by atoms with Crippen LogP contribution in [-0.4, -0.2) is 10.1 Å². The van der Waals surface area contributed by atoms with Crippen LogP contribution in [0.1, 0.15) is 11.1 Å². The predicted octanol–water partition coefficient (Wildman–Crippen LogP) is 2.74. The molecule has 0 aliphatic heterocycles. The molecule has 5 heteroatoms. The van der Waals surface area contributed by atoms with Crippen LogP contribution < -0.4 is 10.5 Å². The number of rotatable bonds is 4. The Morgan fingerprint density at radius 2 is 2.00 bits per heavy atom. The van der Waals surface area contributed by atoms with Crippen molar-refractivity contribution in [2.75, 3.05) is 0 Å². The van der Waals surface area contributed by atoms with Gasteiger partial charge in [0, 0.05) is 0 Å². The zero-order chi connectivity index (χ0) is 13.8. The summed E-state index contributed by atoms with van der Waals surface area (Å²) in [6.45, 7) is 0.188. The van der Waals surface area contributed by atoms with Crippen molar-refractivity contribution in [3.8, 4) is 11.5 Å². The zero-order valence-corrected chi connectivity index (χ0v) is 10.8. The van der Waals surface area contributed by atoms with Crippen LogP contribution >= 0.6 is 12.2 Å². The van der Waals surface area contributed by atoms with E-state index in [0.29, 0.717) is 0 Å². The summed E-state index contributed by atoms with van der Waals surface area (Å²) in [6, 6.07) is 11.0. The molecule has 3 N–H and O–H groups in total. The minimum atomic E-state index is -0.513. The molecular formula is C14H12FNO2S. The second-order valence-corrected chi connectivity index (χ2v) is 4.38. The van der Waals surface area contributed by atoms with Crippen molar-refractivity contribution in [1.29, 1.82) is 0 Å². The Labute approximate surface area is 115 Å². The maximum absolute atomic E-state index is 13.6. The fourth-order valence-corrected chi connectivity index (χ4v) is 1.87. The molecular weight excluding hydrogens is 265 g/mol. The Morgan fingerprint density at radius 3 is 2.68 bits per heavy atom. The van der Waals surface area contributed by atoms with Crippen LogP contribution in [0, 0.1) is 5.82 Å². The Bertz CT molecular complexity index is 616. The van der Waals surface area contributed by atoms with E-state index in [2.05, 4.69) is 0 Å². The van der Waals surface area contributed by atoms with Gasteiger partial charge in [0.25, 0.3) is 0 Å². The molecule has 0 aliphatic carbocycles. The van der Waals surface area contributed by atoms with E-state index < -0.39 is 5.82 Å². The number of nitrogens with two attached hydrogens (primary N) is 1. The highest BCUT2D eigenvalue weighted by Gasteiger charge is 2.12. The Balaban J connectivity index is 2.20. The normalized spacial score (nSPS) is 10.2. The fourth-order valence-electron chi connectivity index (χ4n) is 1.67. The van der Waals surface area contributed by atoms with Crippen LogP contribution in [0.2, 0.25) is 0 Å². The zero-order valence-electron chi connectivity index (χ0n) is 9.97. The summed E-state index contributed by atoms with van der Waals surface area (Å²) in [5.41, 5.74) is 6.34.